The van der Waals surface area contributed by atoms with Crippen molar-refractivity contribution in [1.29, 1.82) is 0 Å². The molecule has 626 valence electrons. The molecule has 0 unspecified atom stereocenters. The second kappa shape index (κ2) is 31.7. The molecule has 0 saturated carbocycles. The van der Waals surface area contributed by atoms with Gasteiger partial charge < -0.3 is 18.9 Å². The van der Waals surface area contributed by atoms with Crippen molar-refractivity contribution in [3.05, 3.63) is 453 Å². The van der Waals surface area contributed by atoms with Crippen LogP contribution in [0.1, 0.15) is 79.0 Å². The lowest BCUT2D eigenvalue weighted by molar-refractivity contribution is 0.590. The van der Waals surface area contributed by atoms with Crippen LogP contribution in [0, 0.1) is 0 Å². The fourth-order valence-corrected chi connectivity index (χ4v) is 20.9. The monoisotopic (exact) mass is 1680 g/mol. The lowest BCUT2D eigenvalue weighted by Crippen LogP contribution is -2.61. The molecule has 0 bridgehead atoms. The topological polar surface area (TPSA) is 16.3 Å². The third-order valence-corrected chi connectivity index (χ3v) is 27.5. The lowest BCUT2D eigenvalue weighted by Gasteiger charge is -2.46. The van der Waals surface area contributed by atoms with Gasteiger partial charge in [0.1, 0.15) is 0 Å². The number of para-hydroxylation sites is 2. The molecular weight excluding hydrogens is 1580 g/mol. The Bertz CT molecular complexity index is 7840. The predicted molar refractivity (Wildman–Crippen MR) is 560 cm³/mol. The minimum Gasteiger partial charge on any atom is -0.310 e. The van der Waals surface area contributed by atoms with Crippen LogP contribution in [0.4, 0.5) is 34.1 Å². The van der Waals surface area contributed by atoms with Gasteiger partial charge in [-0.05, 0) is 260 Å². The summed E-state index contributed by atoms with van der Waals surface area (Å²) in [5.74, 6) is 0. The minimum absolute atomic E-state index is 0.258. The Balaban J connectivity index is 0.956. The van der Waals surface area contributed by atoms with Crippen molar-refractivity contribution in [1.82, 2.24) is 9.13 Å². The SMILES string of the molecule is CC(C)(C)c1cc(-c2ccccc2)c(N2c3cc4c5cc(-c6ccccc6)c(-c6ccccc6)cc5n(-c5ccccc5)c4cc3B3c4cc5c(cc4N(c4c(-c6cccc(-c7ccccc7)c6)cc(C(C)(C)C)cc4-c4cccc(-c6ccccc6)c4)c4cc(C(C)(C)C)cc2c43)c2cc(-c3ccccc3)c(-c3ccccc3)cc2n5-c2ccccc2)c(-c2ccccc2)c1. The highest BCUT2D eigenvalue weighted by molar-refractivity contribution is 7.00. The Morgan fingerprint density at radius 2 is 0.420 bits per heavy atom. The van der Waals surface area contributed by atoms with E-state index in [-0.39, 0.29) is 10.8 Å². The van der Waals surface area contributed by atoms with E-state index in [1.54, 1.807) is 0 Å². The lowest BCUT2D eigenvalue weighted by atomic mass is 9.33. The maximum absolute atomic E-state index is 2.81. The maximum Gasteiger partial charge on any atom is 0.252 e. The molecule has 2 aromatic heterocycles. The zero-order chi connectivity index (χ0) is 88.5. The highest BCUT2D eigenvalue weighted by Crippen LogP contribution is 2.58. The summed E-state index contributed by atoms with van der Waals surface area (Å²) in [6.45, 7) is 21.1. The van der Waals surface area contributed by atoms with Crippen LogP contribution in [0.3, 0.4) is 0 Å². The molecule has 0 amide bonds. The van der Waals surface area contributed by atoms with Crippen LogP contribution in [0.2, 0.25) is 0 Å². The Kier molecular flexibility index (Phi) is 19.4. The molecule has 4 heterocycles. The van der Waals surface area contributed by atoms with E-state index in [1.165, 1.54) is 49.8 Å². The van der Waals surface area contributed by atoms with Gasteiger partial charge in [-0.15, -0.1) is 0 Å². The highest BCUT2D eigenvalue weighted by Gasteiger charge is 2.48. The van der Waals surface area contributed by atoms with Gasteiger partial charge in [0.25, 0.3) is 6.71 Å². The Morgan fingerprint density at radius 1 is 0.183 bits per heavy atom. The van der Waals surface area contributed by atoms with Gasteiger partial charge in [0.05, 0.1) is 33.4 Å². The summed E-state index contributed by atoms with van der Waals surface area (Å²) in [4.78, 5) is 5.59. The first-order valence-electron chi connectivity index (χ1n) is 46.1. The van der Waals surface area contributed by atoms with E-state index in [9.17, 15) is 0 Å². The van der Waals surface area contributed by atoms with Crippen molar-refractivity contribution < 1.29 is 0 Å². The van der Waals surface area contributed by atoms with Crippen LogP contribution in [0.15, 0.2) is 437 Å². The Labute approximate surface area is 769 Å². The molecule has 131 heavy (non-hydrogen) atoms. The van der Waals surface area contributed by atoms with Crippen molar-refractivity contribution in [3.8, 4) is 123 Å². The van der Waals surface area contributed by atoms with Crippen LogP contribution < -0.4 is 26.2 Å². The number of anilines is 6. The zero-order valence-electron chi connectivity index (χ0n) is 75.4. The second-order valence-electron chi connectivity index (χ2n) is 38.7. The summed E-state index contributed by atoms with van der Waals surface area (Å²) < 4.78 is 5.17. The van der Waals surface area contributed by atoms with Crippen LogP contribution in [0.25, 0.3) is 166 Å². The highest BCUT2D eigenvalue weighted by atomic mass is 15.2. The molecule has 0 atom stereocenters. The van der Waals surface area contributed by atoms with E-state index in [4.69, 9.17) is 0 Å². The van der Waals surface area contributed by atoms with Crippen molar-refractivity contribution in [2.45, 2.75) is 78.6 Å². The maximum atomic E-state index is 2.81. The molecule has 19 aromatic carbocycles. The summed E-state index contributed by atoms with van der Waals surface area (Å²) in [6, 6.07) is 166. The molecule has 0 spiro atoms. The molecule has 21 aromatic rings. The Hall–Kier alpha value is -15.6. The van der Waals surface area contributed by atoms with E-state index >= 15 is 0 Å². The summed E-state index contributed by atoms with van der Waals surface area (Å²) in [6.07, 6.45) is 0. The summed E-state index contributed by atoms with van der Waals surface area (Å²) in [5, 5.41) is 4.61. The molecule has 0 aliphatic carbocycles. The summed E-state index contributed by atoms with van der Waals surface area (Å²) in [7, 11) is 0. The number of fused-ring (bicyclic) bond motifs is 10. The first-order chi connectivity index (χ1) is 63.9. The zero-order valence-corrected chi connectivity index (χ0v) is 75.4. The van der Waals surface area contributed by atoms with E-state index < -0.39 is 12.1 Å². The molecule has 2 aliphatic heterocycles. The van der Waals surface area contributed by atoms with Gasteiger partial charge in [-0.1, -0.05) is 378 Å². The fraction of sp³-hybridized carbons (Fsp3) is 0.0952. The van der Waals surface area contributed by atoms with E-state index in [1.807, 2.05) is 0 Å². The molecule has 5 heteroatoms. The van der Waals surface area contributed by atoms with Crippen molar-refractivity contribution in [2.75, 3.05) is 9.80 Å². The summed E-state index contributed by atoms with van der Waals surface area (Å²) >= 11 is 0. The molecule has 0 fully saturated rings. The Morgan fingerprint density at radius 3 is 0.725 bits per heavy atom. The predicted octanol–water partition coefficient (Wildman–Crippen LogP) is 32.5. The molecule has 0 N–H and O–H groups in total. The molecule has 0 saturated heterocycles. The normalized spacial score (nSPS) is 12.6. The third-order valence-electron chi connectivity index (χ3n) is 27.5. The fourth-order valence-electron chi connectivity index (χ4n) is 20.9. The number of nitrogens with zero attached hydrogens (tertiary/aromatic N) is 4. The molecule has 0 radical (unpaired) electrons. The first kappa shape index (κ1) is 80.0. The molecule has 4 nitrogen and oxygen atoms in total. The number of rotatable bonds is 14. The van der Waals surface area contributed by atoms with Gasteiger partial charge in [-0.2, -0.15) is 0 Å². The largest absolute Gasteiger partial charge is 0.310 e. The van der Waals surface area contributed by atoms with Crippen LogP contribution in [0.5, 0.6) is 0 Å². The van der Waals surface area contributed by atoms with Gasteiger partial charge >= 0.3 is 0 Å². The van der Waals surface area contributed by atoms with Crippen LogP contribution in [-0.2, 0) is 16.2 Å². The molecule has 23 rings (SSSR count). The smallest absolute Gasteiger partial charge is 0.252 e. The van der Waals surface area contributed by atoms with Crippen LogP contribution in [-0.4, -0.2) is 15.8 Å². The van der Waals surface area contributed by atoms with Crippen molar-refractivity contribution in [2.24, 2.45) is 0 Å². The second-order valence-corrected chi connectivity index (χ2v) is 38.7. The number of hydrogen-bond acceptors (Lipinski definition) is 2. The van der Waals surface area contributed by atoms with E-state index in [0.29, 0.717) is 0 Å². The quantitative estimate of drug-likeness (QED) is 0.101. The van der Waals surface area contributed by atoms with Gasteiger partial charge in [0.15, 0.2) is 0 Å². The molecule has 2 aliphatic rings. The average molecular weight is 1680 g/mol. The number of hydrogen-bond donors (Lipinski definition) is 0. The minimum atomic E-state index is -0.429. The van der Waals surface area contributed by atoms with Gasteiger partial charge in [0, 0.05) is 77.9 Å². The first-order valence-corrected chi connectivity index (χ1v) is 46.1. The van der Waals surface area contributed by atoms with E-state index in [0.717, 1.165) is 184 Å². The standard InChI is InChI=1S/C126H99BN4/c1-124(2,3)94-68-103(88-54-32-16-33-55-88)122(104(69-94)89-56-34-17-35-57-89)130-117-78-109-107-74-99(84-46-24-12-25-47-84)101(86-50-28-14-29-51-86)76-113(107)128(97-62-36-18-37-63-97)115(109)80-111(117)127-112-81-116-110(108-75-100(85-48-26-13-27-49-85)102(87-52-30-15-31-53-87)77-114(108)129(116)98-64-38-19-39-65-98)79-118(112)131(120-73-96(126(7,8)9)72-119(130)121(120)127)123-105(92-60-40-58-90(66-92)82-42-20-10-21-43-82)70-95(125(4,5)6)71-106(123)93-61-41-59-91(67-93)83-44-22-11-23-45-83/h10-81H,1-9H3. The number of aromatic nitrogens is 2. The van der Waals surface area contributed by atoms with Gasteiger partial charge in [-0.25, -0.2) is 0 Å². The van der Waals surface area contributed by atoms with Gasteiger partial charge in [0.2, 0.25) is 0 Å². The van der Waals surface area contributed by atoms with Crippen molar-refractivity contribution in [3.63, 3.8) is 0 Å². The number of benzene rings is 19. The van der Waals surface area contributed by atoms with Crippen LogP contribution >= 0.6 is 0 Å². The average Bonchev–Trinajstić information content (AvgIpc) is 1.66. The van der Waals surface area contributed by atoms with Gasteiger partial charge in [-0.3, -0.25) is 0 Å². The summed E-state index contributed by atoms with van der Waals surface area (Å²) in [5.41, 5.74) is 42.5. The third kappa shape index (κ3) is 13.9. The van der Waals surface area contributed by atoms with Crippen molar-refractivity contribution >= 4 is 101 Å². The molecular formula is C126H99BN4. The van der Waals surface area contributed by atoms with E-state index in [2.05, 4.69) is 518 Å².